The highest BCUT2D eigenvalue weighted by atomic mass is 16.5. The van der Waals surface area contributed by atoms with E-state index >= 15 is 0 Å². The zero-order valence-electron chi connectivity index (χ0n) is 10.9. The minimum atomic E-state index is -0.321. The molecule has 1 atom stereocenters. The van der Waals surface area contributed by atoms with E-state index in [0.29, 0.717) is 6.54 Å². The van der Waals surface area contributed by atoms with Crippen LogP contribution in [0.3, 0.4) is 0 Å². The van der Waals surface area contributed by atoms with Crippen molar-refractivity contribution < 1.29 is 9.84 Å². The first kappa shape index (κ1) is 13.3. The fourth-order valence-electron chi connectivity index (χ4n) is 2.01. The number of nitrogens with zero attached hydrogens (tertiary/aromatic N) is 1. The lowest BCUT2D eigenvalue weighted by Crippen LogP contribution is -2.35. The minimum absolute atomic E-state index is 0.321. The van der Waals surface area contributed by atoms with Crippen LogP contribution in [0.2, 0.25) is 0 Å². The molecule has 0 radical (unpaired) electrons. The van der Waals surface area contributed by atoms with Crippen molar-refractivity contribution in [3.63, 3.8) is 0 Å². The molecule has 2 rings (SSSR count). The number of rotatable bonds is 5. The van der Waals surface area contributed by atoms with Gasteiger partial charge in [0.2, 0.25) is 0 Å². The largest absolute Gasteiger partial charge is 0.392 e. The fourth-order valence-corrected chi connectivity index (χ4v) is 2.01. The molecule has 4 heteroatoms. The van der Waals surface area contributed by atoms with Gasteiger partial charge in [-0.2, -0.15) is 0 Å². The van der Waals surface area contributed by atoms with E-state index in [1.165, 1.54) is 5.56 Å². The zero-order valence-corrected chi connectivity index (χ0v) is 10.9. The number of anilines is 1. The van der Waals surface area contributed by atoms with Crippen molar-refractivity contribution in [2.45, 2.75) is 19.6 Å². The van der Waals surface area contributed by atoms with Crippen LogP contribution in [0.25, 0.3) is 0 Å². The van der Waals surface area contributed by atoms with E-state index in [4.69, 9.17) is 4.74 Å². The number of nitrogens with one attached hydrogen (secondary N) is 1. The van der Waals surface area contributed by atoms with Crippen LogP contribution < -0.4 is 5.32 Å². The summed E-state index contributed by atoms with van der Waals surface area (Å²) in [6, 6.07) is 8.41. The summed E-state index contributed by atoms with van der Waals surface area (Å²) in [6.07, 6.45) is -0.321. The lowest BCUT2D eigenvalue weighted by atomic mass is 10.2. The standard InChI is InChI=1S/C14H22N2O2/c1-12(17)10-15-14-4-2-13(3-5-14)11-16-6-8-18-9-7-16/h2-5,12,15,17H,6-11H2,1H3. The average Bonchev–Trinajstić information content (AvgIpc) is 2.39. The van der Waals surface area contributed by atoms with Crippen LogP contribution in [0.5, 0.6) is 0 Å². The molecule has 1 aliphatic heterocycles. The summed E-state index contributed by atoms with van der Waals surface area (Å²) in [5.41, 5.74) is 2.38. The van der Waals surface area contributed by atoms with Crippen LogP contribution in [-0.2, 0) is 11.3 Å². The summed E-state index contributed by atoms with van der Waals surface area (Å²) < 4.78 is 5.34. The molecule has 4 nitrogen and oxygen atoms in total. The lowest BCUT2D eigenvalue weighted by molar-refractivity contribution is 0.0342. The van der Waals surface area contributed by atoms with Gasteiger partial charge in [-0.1, -0.05) is 12.1 Å². The third-order valence-corrected chi connectivity index (χ3v) is 3.07. The third kappa shape index (κ3) is 4.29. The molecule has 18 heavy (non-hydrogen) atoms. The number of hydrogen-bond donors (Lipinski definition) is 2. The minimum Gasteiger partial charge on any atom is -0.392 e. The van der Waals surface area contributed by atoms with Crippen LogP contribution in [-0.4, -0.2) is 49.0 Å². The van der Waals surface area contributed by atoms with Gasteiger partial charge in [0.1, 0.15) is 0 Å². The molecule has 1 heterocycles. The van der Waals surface area contributed by atoms with Crippen molar-refractivity contribution in [2.24, 2.45) is 0 Å². The lowest BCUT2D eigenvalue weighted by Gasteiger charge is -2.26. The van der Waals surface area contributed by atoms with Gasteiger partial charge in [0.15, 0.2) is 0 Å². The Balaban J connectivity index is 1.83. The highest BCUT2D eigenvalue weighted by molar-refractivity contribution is 5.44. The normalized spacial score (nSPS) is 18.6. The summed E-state index contributed by atoms with van der Waals surface area (Å²) in [5, 5.41) is 12.4. The summed E-state index contributed by atoms with van der Waals surface area (Å²) in [5.74, 6) is 0. The van der Waals surface area contributed by atoms with Crippen molar-refractivity contribution in [3.8, 4) is 0 Å². The third-order valence-electron chi connectivity index (χ3n) is 3.07. The maximum Gasteiger partial charge on any atom is 0.0684 e. The molecule has 0 saturated carbocycles. The van der Waals surface area contributed by atoms with Gasteiger partial charge in [-0.3, -0.25) is 4.90 Å². The molecule has 0 bridgehead atoms. The van der Waals surface area contributed by atoms with Gasteiger partial charge in [0.25, 0.3) is 0 Å². The topological polar surface area (TPSA) is 44.7 Å². The Bertz CT molecular complexity index is 345. The fraction of sp³-hybridized carbons (Fsp3) is 0.571. The Hall–Kier alpha value is -1.10. The molecular formula is C14H22N2O2. The number of benzene rings is 1. The van der Waals surface area contributed by atoms with Crippen LogP contribution in [0.1, 0.15) is 12.5 Å². The van der Waals surface area contributed by atoms with Crippen LogP contribution in [0.15, 0.2) is 24.3 Å². The first-order valence-electron chi connectivity index (χ1n) is 6.55. The van der Waals surface area contributed by atoms with Crippen molar-refractivity contribution in [3.05, 3.63) is 29.8 Å². The van der Waals surface area contributed by atoms with Crippen LogP contribution in [0, 0.1) is 0 Å². The molecule has 0 amide bonds. The van der Waals surface area contributed by atoms with E-state index in [2.05, 4.69) is 34.5 Å². The monoisotopic (exact) mass is 250 g/mol. The Kier molecular flexibility index (Phi) is 4.99. The molecule has 1 fully saturated rings. The second-order valence-corrected chi connectivity index (χ2v) is 4.82. The molecule has 0 spiro atoms. The van der Waals surface area contributed by atoms with Gasteiger partial charge in [0.05, 0.1) is 19.3 Å². The molecule has 100 valence electrons. The number of aliphatic hydroxyl groups excluding tert-OH is 1. The van der Waals surface area contributed by atoms with Gasteiger partial charge in [-0.25, -0.2) is 0 Å². The van der Waals surface area contributed by atoms with Crippen molar-refractivity contribution in [2.75, 3.05) is 38.2 Å². The van der Waals surface area contributed by atoms with E-state index in [1.807, 2.05) is 0 Å². The van der Waals surface area contributed by atoms with Crippen molar-refractivity contribution in [1.29, 1.82) is 0 Å². The molecule has 2 N–H and O–H groups in total. The predicted molar refractivity (Wildman–Crippen MR) is 72.7 cm³/mol. The molecule has 0 aliphatic carbocycles. The van der Waals surface area contributed by atoms with Gasteiger partial charge in [0, 0.05) is 31.9 Å². The Morgan fingerprint density at radius 2 is 1.94 bits per heavy atom. The molecular weight excluding hydrogens is 228 g/mol. The molecule has 1 aliphatic rings. The van der Waals surface area contributed by atoms with Crippen LogP contribution >= 0.6 is 0 Å². The van der Waals surface area contributed by atoms with Crippen molar-refractivity contribution >= 4 is 5.69 Å². The Labute approximate surface area is 109 Å². The van der Waals surface area contributed by atoms with Crippen LogP contribution in [0.4, 0.5) is 5.69 Å². The van der Waals surface area contributed by atoms with Gasteiger partial charge in [-0.15, -0.1) is 0 Å². The number of ether oxygens (including phenoxy) is 1. The van der Waals surface area contributed by atoms with Crippen molar-refractivity contribution in [1.82, 2.24) is 4.90 Å². The molecule has 1 unspecified atom stereocenters. The van der Waals surface area contributed by atoms with E-state index in [1.54, 1.807) is 6.92 Å². The smallest absolute Gasteiger partial charge is 0.0684 e. The summed E-state index contributed by atoms with van der Waals surface area (Å²) in [7, 11) is 0. The second-order valence-electron chi connectivity index (χ2n) is 4.82. The molecule has 1 aromatic carbocycles. The Morgan fingerprint density at radius 3 is 2.56 bits per heavy atom. The quantitative estimate of drug-likeness (QED) is 0.827. The Morgan fingerprint density at radius 1 is 1.28 bits per heavy atom. The number of hydrogen-bond acceptors (Lipinski definition) is 4. The van der Waals surface area contributed by atoms with Gasteiger partial charge >= 0.3 is 0 Å². The average molecular weight is 250 g/mol. The van der Waals surface area contributed by atoms with Gasteiger partial charge in [-0.05, 0) is 24.6 Å². The SMILES string of the molecule is CC(O)CNc1ccc(CN2CCOCC2)cc1. The maximum absolute atomic E-state index is 9.20. The highest BCUT2D eigenvalue weighted by Crippen LogP contribution is 2.12. The first-order valence-corrected chi connectivity index (χ1v) is 6.55. The first-order chi connectivity index (χ1) is 8.74. The van der Waals surface area contributed by atoms with E-state index in [0.717, 1.165) is 38.5 Å². The second kappa shape index (κ2) is 6.73. The molecule has 1 saturated heterocycles. The van der Waals surface area contributed by atoms with Gasteiger partial charge < -0.3 is 15.2 Å². The number of aliphatic hydroxyl groups is 1. The maximum atomic E-state index is 9.20. The number of morpholine rings is 1. The molecule has 0 aromatic heterocycles. The summed E-state index contributed by atoms with van der Waals surface area (Å²) >= 11 is 0. The summed E-state index contributed by atoms with van der Waals surface area (Å²) in [4.78, 5) is 2.40. The van der Waals surface area contributed by atoms with E-state index in [9.17, 15) is 5.11 Å². The zero-order chi connectivity index (χ0) is 12.8. The predicted octanol–water partition coefficient (Wildman–Crippen LogP) is 1.31. The summed E-state index contributed by atoms with van der Waals surface area (Å²) in [6.45, 7) is 7.06. The van der Waals surface area contributed by atoms with E-state index < -0.39 is 0 Å². The molecule has 1 aromatic rings. The van der Waals surface area contributed by atoms with E-state index in [-0.39, 0.29) is 6.10 Å². The highest BCUT2D eigenvalue weighted by Gasteiger charge is 2.10.